The predicted octanol–water partition coefficient (Wildman–Crippen LogP) is 6.62. The summed E-state index contributed by atoms with van der Waals surface area (Å²) in [5.74, 6) is 1.48. The fourth-order valence-electron chi connectivity index (χ4n) is 3.66. The van der Waals surface area contributed by atoms with E-state index in [0.29, 0.717) is 6.04 Å². The molecule has 2 nitrogen and oxygen atoms in total. The summed E-state index contributed by atoms with van der Waals surface area (Å²) in [5, 5.41) is 0. The maximum absolute atomic E-state index is 2.47. The van der Waals surface area contributed by atoms with E-state index in [1.54, 1.807) is 0 Å². The van der Waals surface area contributed by atoms with Gasteiger partial charge in [-0.2, -0.15) is 0 Å². The summed E-state index contributed by atoms with van der Waals surface area (Å²) in [6, 6.07) is 0.572. The number of imidazole rings is 1. The molecule has 0 aliphatic heterocycles. The second kappa shape index (κ2) is 13.5. The molecule has 0 saturated heterocycles. The van der Waals surface area contributed by atoms with Crippen molar-refractivity contribution in [3.8, 4) is 0 Å². The Labute approximate surface area is 151 Å². The maximum Gasteiger partial charge on any atom is 0.256 e. The summed E-state index contributed by atoms with van der Waals surface area (Å²) < 4.78 is 4.89. The van der Waals surface area contributed by atoms with Gasteiger partial charge >= 0.3 is 0 Å². The molecule has 0 aromatic carbocycles. The monoisotopic (exact) mass is 335 g/mol. The Morgan fingerprint density at radius 2 is 1.29 bits per heavy atom. The first-order valence-electron chi connectivity index (χ1n) is 10.8. The maximum atomic E-state index is 2.47. The molecular weight excluding hydrogens is 292 g/mol. The van der Waals surface area contributed by atoms with E-state index < -0.39 is 0 Å². The zero-order valence-corrected chi connectivity index (χ0v) is 17.0. The van der Waals surface area contributed by atoms with Gasteiger partial charge < -0.3 is 0 Å². The number of hydrogen-bond acceptors (Lipinski definition) is 0. The van der Waals surface area contributed by atoms with Gasteiger partial charge in [0.15, 0.2) is 0 Å². The third kappa shape index (κ3) is 8.35. The number of aromatic nitrogens is 2. The van der Waals surface area contributed by atoms with Gasteiger partial charge in [-0.25, -0.2) is 9.13 Å². The summed E-state index contributed by atoms with van der Waals surface area (Å²) in [4.78, 5) is 0. The highest BCUT2D eigenvalue weighted by Gasteiger charge is 2.16. The number of aryl methyl sites for hydroxylation is 1. The van der Waals surface area contributed by atoms with E-state index in [2.05, 4.69) is 49.2 Å². The van der Waals surface area contributed by atoms with Crippen molar-refractivity contribution in [1.82, 2.24) is 4.57 Å². The SMILES string of the molecule is CCCCCCCCCCCCCC[n+]1ccn(C(C)C)c1CC. The molecule has 140 valence electrons. The van der Waals surface area contributed by atoms with Gasteiger partial charge in [0, 0.05) is 6.42 Å². The molecule has 0 bridgehead atoms. The zero-order chi connectivity index (χ0) is 17.6. The van der Waals surface area contributed by atoms with Gasteiger partial charge in [-0.3, -0.25) is 0 Å². The van der Waals surface area contributed by atoms with Crippen LogP contribution >= 0.6 is 0 Å². The molecule has 0 unspecified atom stereocenters. The molecule has 2 heteroatoms. The van der Waals surface area contributed by atoms with Crippen LogP contribution < -0.4 is 4.57 Å². The van der Waals surface area contributed by atoms with E-state index in [-0.39, 0.29) is 0 Å². The third-order valence-corrected chi connectivity index (χ3v) is 5.16. The van der Waals surface area contributed by atoms with Crippen LogP contribution in [-0.2, 0) is 13.0 Å². The first-order chi connectivity index (χ1) is 11.7. The lowest BCUT2D eigenvalue weighted by molar-refractivity contribution is -0.704. The van der Waals surface area contributed by atoms with Crippen LogP contribution in [0.3, 0.4) is 0 Å². The third-order valence-electron chi connectivity index (χ3n) is 5.16. The van der Waals surface area contributed by atoms with Gasteiger partial charge in [-0.05, 0) is 26.7 Å². The fraction of sp³-hybridized carbons (Fsp3) is 0.864. The Morgan fingerprint density at radius 1 is 0.792 bits per heavy atom. The van der Waals surface area contributed by atoms with Gasteiger partial charge in [0.2, 0.25) is 0 Å². The van der Waals surface area contributed by atoms with E-state index in [9.17, 15) is 0 Å². The van der Waals surface area contributed by atoms with E-state index in [4.69, 9.17) is 0 Å². The van der Waals surface area contributed by atoms with Crippen LogP contribution in [0.25, 0.3) is 0 Å². The number of rotatable bonds is 15. The highest BCUT2D eigenvalue weighted by atomic mass is 15.2. The quantitative estimate of drug-likeness (QED) is 0.251. The predicted molar refractivity (Wildman–Crippen MR) is 105 cm³/mol. The lowest BCUT2D eigenvalue weighted by Crippen LogP contribution is -2.37. The second-order valence-corrected chi connectivity index (χ2v) is 7.65. The summed E-state index contributed by atoms with van der Waals surface area (Å²) in [6.45, 7) is 10.3. The normalized spacial score (nSPS) is 11.5. The first kappa shape index (κ1) is 21.3. The largest absolute Gasteiger partial charge is 0.256 e. The molecular formula is C22H43N2+. The fourth-order valence-corrected chi connectivity index (χ4v) is 3.66. The molecule has 0 spiro atoms. The first-order valence-corrected chi connectivity index (χ1v) is 10.8. The van der Waals surface area contributed by atoms with Crippen molar-refractivity contribution in [2.75, 3.05) is 0 Å². The summed E-state index contributed by atoms with van der Waals surface area (Å²) in [7, 11) is 0. The van der Waals surface area contributed by atoms with Crippen molar-refractivity contribution in [2.24, 2.45) is 0 Å². The number of nitrogens with zero attached hydrogens (tertiary/aromatic N) is 2. The lowest BCUT2D eigenvalue weighted by atomic mass is 10.1. The summed E-state index contributed by atoms with van der Waals surface area (Å²) in [6.07, 6.45) is 22.8. The molecule has 0 amide bonds. The van der Waals surface area contributed by atoms with Gasteiger partial charge in [-0.15, -0.1) is 0 Å². The van der Waals surface area contributed by atoms with Crippen LogP contribution in [0.15, 0.2) is 12.4 Å². The molecule has 0 N–H and O–H groups in total. The molecule has 0 atom stereocenters. The highest BCUT2D eigenvalue weighted by molar-refractivity contribution is 4.85. The minimum absolute atomic E-state index is 0.572. The lowest BCUT2D eigenvalue weighted by Gasteiger charge is -2.06. The average Bonchev–Trinajstić information content (AvgIpc) is 2.99. The Balaban J connectivity index is 2.01. The van der Waals surface area contributed by atoms with Crippen molar-refractivity contribution < 1.29 is 4.57 Å². The van der Waals surface area contributed by atoms with Crippen LogP contribution in [0.2, 0.25) is 0 Å². The zero-order valence-electron chi connectivity index (χ0n) is 17.0. The molecule has 0 aliphatic rings. The average molecular weight is 336 g/mol. The molecule has 0 fully saturated rings. The van der Waals surface area contributed by atoms with Gasteiger partial charge in [-0.1, -0.05) is 78.1 Å². The van der Waals surface area contributed by atoms with Crippen LogP contribution in [0.1, 0.15) is 117 Å². The molecule has 24 heavy (non-hydrogen) atoms. The standard InChI is InChI=1S/C22H43N2/c1-5-7-8-9-10-11-12-13-14-15-16-17-18-23-19-20-24(21(3)4)22(23)6-2/h19-21H,5-18H2,1-4H3/q+1. The van der Waals surface area contributed by atoms with Crippen molar-refractivity contribution in [3.63, 3.8) is 0 Å². The smallest absolute Gasteiger partial charge is 0.234 e. The van der Waals surface area contributed by atoms with E-state index in [1.807, 2.05) is 0 Å². The Kier molecular flexibility index (Phi) is 12.0. The number of hydrogen-bond donors (Lipinski definition) is 0. The van der Waals surface area contributed by atoms with Crippen molar-refractivity contribution in [2.45, 2.75) is 124 Å². The van der Waals surface area contributed by atoms with Crippen LogP contribution in [0.5, 0.6) is 0 Å². The van der Waals surface area contributed by atoms with E-state index >= 15 is 0 Å². The van der Waals surface area contributed by atoms with Crippen molar-refractivity contribution >= 4 is 0 Å². The Morgan fingerprint density at radius 3 is 1.75 bits per heavy atom. The molecule has 1 aromatic rings. The molecule has 0 radical (unpaired) electrons. The minimum Gasteiger partial charge on any atom is -0.234 e. The molecule has 1 rings (SSSR count). The van der Waals surface area contributed by atoms with Crippen molar-refractivity contribution in [3.05, 3.63) is 18.2 Å². The van der Waals surface area contributed by atoms with Gasteiger partial charge in [0.25, 0.3) is 5.82 Å². The van der Waals surface area contributed by atoms with Gasteiger partial charge in [0.1, 0.15) is 12.4 Å². The highest BCUT2D eigenvalue weighted by Crippen LogP contribution is 2.12. The minimum atomic E-state index is 0.572. The molecule has 1 aromatic heterocycles. The van der Waals surface area contributed by atoms with E-state index in [1.165, 1.54) is 89.4 Å². The van der Waals surface area contributed by atoms with Crippen LogP contribution in [0.4, 0.5) is 0 Å². The Bertz CT molecular complexity index is 406. The van der Waals surface area contributed by atoms with Crippen LogP contribution in [-0.4, -0.2) is 4.57 Å². The molecule has 0 saturated carbocycles. The Hall–Kier alpha value is -0.790. The molecule has 0 aliphatic carbocycles. The number of unbranched alkanes of at least 4 members (excludes halogenated alkanes) is 11. The van der Waals surface area contributed by atoms with E-state index in [0.717, 1.165) is 6.42 Å². The summed E-state index contributed by atoms with van der Waals surface area (Å²) >= 11 is 0. The summed E-state index contributed by atoms with van der Waals surface area (Å²) in [5.41, 5.74) is 0. The van der Waals surface area contributed by atoms with Crippen LogP contribution in [0, 0.1) is 0 Å². The van der Waals surface area contributed by atoms with Crippen molar-refractivity contribution in [1.29, 1.82) is 0 Å². The van der Waals surface area contributed by atoms with Gasteiger partial charge in [0.05, 0.1) is 12.6 Å². The topological polar surface area (TPSA) is 8.81 Å². The second-order valence-electron chi connectivity index (χ2n) is 7.65. The molecule has 1 heterocycles.